The molecule has 0 fully saturated rings. The van der Waals surface area contributed by atoms with Crippen molar-refractivity contribution in [2.24, 2.45) is 0 Å². The third kappa shape index (κ3) is 1.97. The lowest BCUT2D eigenvalue weighted by molar-refractivity contribution is 0.567. The van der Waals surface area contributed by atoms with E-state index in [0.29, 0.717) is 10.8 Å². The first-order chi connectivity index (χ1) is 7.18. The average molecular weight is 222 g/mol. The monoisotopic (exact) mass is 221 g/mol. The average Bonchev–Trinajstić information content (AvgIpc) is 2.59. The van der Waals surface area contributed by atoms with Crippen LogP contribution >= 0.6 is 11.6 Å². The fourth-order valence-electron chi connectivity index (χ4n) is 1.47. The largest absolute Gasteiger partial charge is 0.381 e. The number of rotatable bonds is 2. The molecule has 0 spiro atoms. The molecule has 2 N–H and O–H groups in total. The van der Waals surface area contributed by atoms with E-state index < -0.39 is 0 Å². The van der Waals surface area contributed by atoms with Crippen LogP contribution in [-0.4, -0.2) is 9.78 Å². The maximum Gasteiger partial charge on any atom is 0.164 e. The van der Waals surface area contributed by atoms with Crippen LogP contribution in [0.3, 0.4) is 0 Å². The topological polar surface area (TPSA) is 43.8 Å². The van der Waals surface area contributed by atoms with E-state index in [1.165, 1.54) is 5.56 Å². The molecule has 2 rings (SSSR count). The Labute approximate surface area is 93.5 Å². The van der Waals surface area contributed by atoms with Gasteiger partial charge >= 0.3 is 0 Å². The number of hydrogen-bond donors (Lipinski definition) is 1. The molecule has 0 aliphatic carbocycles. The van der Waals surface area contributed by atoms with Crippen LogP contribution in [0.2, 0.25) is 5.02 Å². The van der Waals surface area contributed by atoms with Crippen molar-refractivity contribution in [3.63, 3.8) is 0 Å². The maximum absolute atomic E-state index is 5.85. The van der Waals surface area contributed by atoms with Crippen LogP contribution in [0.15, 0.2) is 36.5 Å². The lowest BCUT2D eigenvalue weighted by atomic mass is 10.1. The number of halogens is 1. The van der Waals surface area contributed by atoms with Gasteiger partial charge in [0.05, 0.1) is 6.04 Å². The molecule has 0 aliphatic heterocycles. The zero-order chi connectivity index (χ0) is 10.8. The van der Waals surface area contributed by atoms with Crippen LogP contribution in [0.25, 0.3) is 0 Å². The fourth-order valence-corrected chi connectivity index (χ4v) is 1.60. The molecule has 1 unspecified atom stereocenters. The number of benzene rings is 1. The van der Waals surface area contributed by atoms with Crippen molar-refractivity contribution in [1.82, 2.24) is 9.78 Å². The van der Waals surface area contributed by atoms with Gasteiger partial charge in [0.2, 0.25) is 0 Å². The summed E-state index contributed by atoms with van der Waals surface area (Å²) in [5, 5.41) is 4.65. The molecule has 1 aromatic heterocycles. The van der Waals surface area contributed by atoms with Crippen molar-refractivity contribution in [1.29, 1.82) is 0 Å². The molecule has 4 heteroatoms. The predicted octanol–water partition coefficient (Wildman–Crippen LogP) is 2.73. The van der Waals surface area contributed by atoms with E-state index in [0.717, 1.165) is 0 Å². The normalized spacial score (nSPS) is 12.7. The van der Waals surface area contributed by atoms with Gasteiger partial charge in [0.25, 0.3) is 0 Å². The fraction of sp³-hybridized carbons (Fsp3) is 0.182. The molecular formula is C11H12ClN3. The summed E-state index contributed by atoms with van der Waals surface area (Å²) < 4.78 is 1.77. The zero-order valence-electron chi connectivity index (χ0n) is 8.39. The highest BCUT2D eigenvalue weighted by molar-refractivity contribution is 6.32. The third-order valence-electron chi connectivity index (χ3n) is 2.39. The van der Waals surface area contributed by atoms with E-state index in [1.807, 2.05) is 18.2 Å². The van der Waals surface area contributed by atoms with Crippen molar-refractivity contribution in [2.75, 3.05) is 5.73 Å². The Morgan fingerprint density at radius 3 is 2.53 bits per heavy atom. The van der Waals surface area contributed by atoms with Gasteiger partial charge in [0, 0.05) is 6.20 Å². The van der Waals surface area contributed by atoms with E-state index in [4.69, 9.17) is 17.3 Å². The van der Waals surface area contributed by atoms with Crippen LogP contribution < -0.4 is 5.73 Å². The third-order valence-corrected chi connectivity index (χ3v) is 2.68. The quantitative estimate of drug-likeness (QED) is 0.848. The van der Waals surface area contributed by atoms with Gasteiger partial charge in [0.1, 0.15) is 5.02 Å². The highest BCUT2D eigenvalue weighted by Gasteiger charge is 2.10. The van der Waals surface area contributed by atoms with Crippen molar-refractivity contribution < 1.29 is 0 Å². The van der Waals surface area contributed by atoms with Crippen LogP contribution in [0.1, 0.15) is 18.5 Å². The predicted molar refractivity (Wildman–Crippen MR) is 61.9 cm³/mol. The second kappa shape index (κ2) is 3.95. The zero-order valence-corrected chi connectivity index (χ0v) is 9.15. The van der Waals surface area contributed by atoms with Gasteiger partial charge in [-0.25, -0.2) is 0 Å². The Balaban J connectivity index is 2.32. The highest BCUT2D eigenvalue weighted by Crippen LogP contribution is 2.22. The van der Waals surface area contributed by atoms with E-state index in [-0.39, 0.29) is 6.04 Å². The molecule has 1 aromatic carbocycles. The number of nitrogens with two attached hydrogens (primary N) is 1. The first-order valence-electron chi connectivity index (χ1n) is 4.73. The second-order valence-electron chi connectivity index (χ2n) is 3.43. The molecule has 1 heterocycles. The van der Waals surface area contributed by atoms with Crippen LogP contribution in [-0.2, 0) is 0 Å². The Bertz CT molecular complexity index is 431. The summed E-state index contributed by atoms with van der Waals surface area (Å²) in [6, 6.07) is 10.2. The smallest absolute Gasteiger partial charge is 0.164 e. The molecule has 0 saturated carbocycles. The Hall–Kier alpha value is -1.48. The van der Waals surface area contributed by atoms with Crippen molar-refractivity contribution >= 4 is 17.4 Å². The van der Waals surface area contributed by atoms with E-state index in [2.05, 4.69) is 24.2 Å². The molecule has 1 atom stereocenters. The first-order valence-corrected chi connectivity index (χ1v) is 5.11. The number of anilines is 1. The molecule has 0 saturated heterocycles. The van der Waals surface area contributed by atoms with Crippen molar-refractivity contribution in [3.8, 4) is 0 Å². The summed E-state index contributed by atoms with van der Waals surface area (Å²) in [6.45, 7) is 2.05. The van der Waals surface area contributed by atoms with E-state index in [1.54, 1.807) is 10.9 Å². The molecular weight excluding hydrogens is 210 g/mol. The number of hydrogen-bond acceptors (Lipinski definition) is 2. The van der Waals surface area contributed by atoms with Gasteiger partial charge in [0.15, 0.2) is 5.82 Å². The number of aromatic nitrogens is 2. The Morgan fingerprint density at radius 2 is 2.00 bits per heavy atom. The SMILES string of the molecule is CC(c1ccccc1)n1cc(Cl)c(N)n1. The molecule has 0 aliphatic rings. The number of nitrogen functional groups attached to an aromatic ring is 1. The summed E-state index contributed by atoms with van der Waals surface area (Å²) >= 11 is 5.85. The van der Waals surface area contributed by atoms with Crippen LogP contribution in [0.4, 0.5) is 5.82 Å². The van der Waals surface area contributed by atoms with Crippen molar-refractivity contribution in [3.05, 3.63) is 47.1 Å². The van der Waals surface area contributed by atoms with Crippen LogP contribution in [0.5, 0.6) is 0 Å². The van der Waals surface area contributed by atoms with Crippen LogP contribution in [0, 0.1) is 0 Å². The van der Waals surface area contributed by atoms with Crippen molar-refractivity contribution in [2.45, 2.75) is 13.0 Å². The van der Waals surface area contributed by atoms with Gasteiger partial charge in [-0.05, 0) is 12.5 Å². The molecule has 3 nitrogen and oxygen atoms in total. The lowest BCUT2D eigenvalue weighted by Gasteiger charge is -2.11. The van der Waals surface area contributed by atoms with E-state index in [9.17, 15) is 0 Å². The minimum atomic E-state index is 0.140. The van der Waals surface area contributed by atoms with Gasteiger partial charge in [-0.2, -0.15) is 5.10 Å². The summed E-state index contributed by atoms with van der Waals surface area (Å²) in [7, 11) is 0. The number of nitrogens with zero attached hydrogens (tertiary/aromatic N) is 2. The summed E-state index contributed by atoms with van der Waals surface area (Å²) in [5.74, 6) is 0.374. The minimum absolute atomic E-state index is 0.140. The molecule has 2 aromatic rings. The summed E-state index contributed by atoms with van der Waals surface area (Å²) in [6.07, 6.45) is 1.74. The Morgan fingerprint density at radius 1 is 1.33 bits per heavy atom. The lowest BCUT2D eigenvalue weighted by Crippen LogP contribution is -2.07. The van der Waals surface area contributed by atoms with Gasteiger partial charge in [-0.3, -0.25) is 4.68 Å². The summed E-state index contributed by atoms with van der Waals surface area (Å²) in [4.78, 5) is 0. The van der Waals surface area contributed by atoms with E-state index >= 15 is 0 Å². The molecule has 15 heavy (non-hydrogen) atoms. The first kappa shape index (κ1) is 10.1. The minimum Gasteiger partial charge on any atom is -0.381 e. The summed E-state index contributed by atoms with van der Waals surface area (Å²) in [5.41, 5.74) is 6.77. The van der Waals surface area contributed by atoms with Gasteiger partial charge in [-0.1, -0.05) is 41.9 Å². The molecule has 0 radical (unpaired) electrons. The molecule has 78 valence electrons. The second-order valence-corrected chi connectivity index (χ2v) is 3.84. The molecule has 0 amide bonds. The highest BCUT2D eigenvalue weighted by atomic mass is 35.5. The van der Waals surface area contributed by atoms with Gasteiger partial charge < -0.3 is 5.73 Å². The van der Waals surface area contributed by atoms with Gasteiger partial charge in [-0.15, -0.1) is 0 Å². The standard InChI is InChI=1S/C11H12ClN3/c1-8(9-5-3-2-4-6-9)15-7-10(12)11(13)14-15/h2-8H,1H3,(H2,13,14). The Kier molecular flexibility index (Phi) is 2.64. The maximum atomic E-state index is 5.85. The molecule has 0 bridgehead atoms.